The predicted molar refractivity (Wildman–Crippen MR) is 142 cm³/mol. The van der Waals surface area contributed by atoms with Crippen molar-refractivity contribution in [1.29, 1.82) is 0 Å². The number of nitrogens with one attached hydrogen (secondary N) is 1. The third kappa shape index (κ3) is 8.05. The summed E-state index contributed by atoms with van der Waals surface area (Å²) in [6.45, 7) is 7.35. The van der Waals surface area contributed by atoms with Crippen LogP contribution >= 0.6 is 47.8 Å². The molecular formula is C21H23Br3F2N2NaO6S2+. The molecule has 0 bridgehead atoms. The molecule has 4 rings (SSSR count). The zero-order chi connectivity index (χ0) is 27.0. The van der Waals surface area contributed by atoms with Crippen molar-refractivity contribution in [3.05, 3.63) is 56.0 Å². The number of amides is 2. The predicted octanol–water partition coefficient (Wildman–Crippen LogP) is 2.59. The van der Waals surface area contributed by atoms with Gasteiger partial charge < -0.3 is 0 Å². The summed E-state index contributed by atoms with van der Waals surface area (Å²) in [5.74, 6) is -2.80. The van der Waals surface area contributed by atoms with E-state index in [4.69, 9.17) is 0 Å². The molecule has 37 heavy (non-hydrogen) atoms. The van der Waals surface area contributed by atoms with Crippen molar-refractivity contribution < 1.29 is 64.8 Å². The van der Waals surface area contributed by atoms with E-state index in [9.17, 15) is 35.2 Å². The minimum absolute atomic E-state index is 0. The van der Waals surface area contributed by atoms with Crippen molar-refractivity contribution in [2.45, 2.75) is 55.8 Å². The first-order valence-corrected chi connectivity index (χ1v) is 15.1. The molecule has 1 N–H and O–H groups in total. The number of carbonyl (C=O) groups is 2. The molecule has 0 aliphatic carbocycles. The maximum absolute atomic E-state index is 13.3. The van der Waals surface area contributed by atoms with Crippen LogP contribution < -0.4 is 34.3 Å². The Morgan fingerprint density at radius 2 is 1.24 bits per heavy atom. The van der Waals surface area contributed by atoms with Gasteiger partial charge in [0.1, 0.15) is 21.4 Å². The van der Waals surface area contributed by atoms with Gasteiger partial charge in [0.2, 0.25) is 0 Å². The molecule has 0 fully saturated rings. The largest absolute Gasteiger partial charge is 1.00 e. The Balaban J connectivity index is 0.000000592. The second-order valence-electron chi connectivity index (χ2n) is 7.67. The molecule has 2 aliphatic heterocycles. The topological polar surface area (TPSA) is 118 Å². The third-order valence-corrected chi connectivity index (χ3v) is 8.83. The van der Waals surface area contributed by atoms with Crippen LogP contribution in [0.2, 0.25) is 0 Å². The summed E-state index contributed by atoms with van der Waals surface area (Å²) in [5, 5.41) is 0. The molecule has 0 spiro atoms. The first-order valence-electron chi connectivity index (χ1n) is 9.69. The zero-order valence-corrected chi connectivity index (χ0v) is 28.0. The van der Waals surface area contributed by atoms with Gasteiger partial charge in [-0.15, -0.1) is 0 Å². The first-order chi connectivity index (χ1) is 15.9. The Morgan fingerprint density at radius 1 is 0.838 bits per heavy atom. The number of nitrogens with zero attached hydrogens (tertiary/aromatic N) is 1. The van der Waals surface area contributed by atoms with Gasteiger partial charge in [0, 0.05) is 10.9 Å². The van der Waals surface area contributed by atoms with Gasteiger partial charge in [0.15, 0.2) is 0 Å². The zero-order valence-electron chi connectivity index (χ0n) is 19.6. The molecule has 8 nitrogen and oxygen atoms in total. The van der Waals surface area contributed by atoms with E-state index in [1.807, 2.05) is 0 Å². The van der Waals surface area contributed by atoms with E-state index < -0.39 is 49.5 Å². The third-order valence-electron chi connectivity index (χ3n) is 4.24. The molecule has 2 heterocycles. The summed E-state index contributed by atoms with van der Waals surface area (Å²) in [6.07, 6.45) is 0. The molecule has 16 heteroatoms. The Bertz CT molecular complexity index is 1420. The van der Waals surface area contributed by atoms with Gasteiger partial charge in [0.25, 0.3) is 31.9 Å². The van der Waals surface area contributed by atoms with Crippen LogP contribution in [0.25, 0.3) is 0 Å². The van der Waals surface area contributed by atoms with Crippen LogP contribution in [-0.4, -0.2) is 43.8 Å². The number of sulfonamides is 2. The van der Waals surface area contributed by atoms with Crippen LogP contribution in [0.15, 0.2) is 43.0 Å². The van der Waals surface area contributed by atoms with Crippen LogP contribution in [0, 0.1) is 11.6 Å². The van der Waals surface area contributed by atoms with Crippen LogP contribution in [-0.2, 0) is 20.0 Å². The monoisotopic (exact) mass is 761 g/mol. The number of benzene rings is 2. The van der Waals surface area contributed by atoms with E-state index in [-0.39, 0.29) is 66.8 Å². The quantitative estimate of drug-likeness (QED) is 0.353. The molecule has 2 aromatic carbocycles. The van der Waals surface area contributed by atoms with E-state index in [1.165, 1.54) is 0 Å². The van der Waals surface area contributed by atoms with Crippen LogP contribution in [0.3, 0.4) is 0 Å². The van der Waals surface area contributed by atoms with Crippen molar-refractivity contribution in [2.75, 3.05) is 0 Å². The average molecular weight is 764 g/mol. The van der Waals surface area contributed by atoms with Crippen LogP contribution in [0.4, 0.5) is 8.78 Å². The fourth-order valence-electron chi connectivity index (χ4n) is 2.92. The van der Waals surface area contributed by atoms with E-state index in [0.29, 0.717) is 4.83 Å². The minimum atomic E-state index is -3.85. The number of hydrogen-bond acceptors (Lipinski definition) is 6. The SMILES string of the molecule is C.CC(C)Br.CC(C)N1C(=O)c2cc(F)c(Br)cc2S1(=O)=O.O=C1NS(=O)(=O)c2cc(Br)c(F)cc21.[Na+]. The van der Waals surface area contributed by atoms with Gasteiger partial charge in [-0.05, 0) is 70.0 Å². The van der Waals surface area contributed by atoms with Crippen LogP contribution in [0.5, 0.6) is 0 Å². The van der Waals surface area contributed by atoms with Crippen molar-refractivity contribution in [3.8, 4) is 0 Å². The Hall–Kier alpha value is -0.420. The van der Waals surface area contributed by atoms with Gasteiger partial charge in [0.05, 0.1) is 20.1 Å². The number of carbonyl (C=O) groups excluding carboxylic acids is 2. The summed E-state index contributed by atoms with van der Waals surface area (Å²) in [5.41, 5.74) is -0.273. The maximum Gasteiger partial charge on any atom is 1.00 e. The van der Waals surface area contributed by atoms with E-state index in [1.54, 1.807) is 18.6 Å². The molecule has 0 radical (unpaired) electrons. The molecule has 2 aliphatic rings. The second kappa shape index (κ2) is 13.8. The number of alkyl halides is 1. The fraction of sp³-hybridized carbons (Fsp3) is 0.333. The van der Waals surface area contributed by atoms with E-state index in [0.717, 1.165) is 28.6 Å². The molecule has 2 aromatic rings. The molecule has 2 amide bonds. The number of rotatable bonds is 1. The van der Waals surface area contributed by atoms with Crippen molar-refractivity contribution in [3.63, 3.8) is 0 Å². The Labute approximate surface area is 262 Å². The standard InChI is InChI=1S/C10H9BrFNO3S.C7H3BrFNO3S.C3H7Br.CH4.Na/c1-5(2)13-10(14)6-3-8(12)7(11)4-9(6)17(13,15)16;8-4-2-6-3(1-5(4)9)7(11)10-14(6,12)13;1-3(2)4;;/h3-5H,1-2H3;1-2H,(H,10,11);3H,1-2H3;1H4;/q;;;;+1. The fourth-order valence-corrected chi connectivity index (χ4v) is 6.86. The summed E-state index contributed by atoms with van der Waals surface area (Å²) < 4.78 is 75.5. The number of hydrogen-bond donors (Lipinski definition) is 1. The molecule has 0 aromatic heterocycles. The normalized spacial score (nSPS) is 15.8. The summed E-state index contributed by atoms with van der Waals surface area (Å²) in [4.78, 5) is 23.3. The van der Waals surface area contributed by atoms with Gasteiger partial charge >= 0.3 is 29.6 Å². The smallest absolute Gasteiger partial charge is 0.268 e. The molecule has 0 unspecified atom stereocenters. The summed E-state index contributed by atoms with van der Waals surface area (Å²) in [6, 6.07) is 3.53. The molecule has 200 valence electrons. The molecule has 0 saturated heterocycles. The number of fused-ring (bicyclic) bond motifs is 2. The second-order valence-corrected chi connectivity index (χ2v) is 14.6. The summed E-state index contributed by atoms with van der Waals surface area (Å²) in [7, 11) is -7.64. The molecular weight excluding hydrogens is 741 g/mol. The van der Waals surface area contributed by atoms with Gasteiger partial charge in [-0.3, -0.25) is 9.59 Å². The first kappa shape index (κ1) is 36.6. The Kier molecular flexibility index (Phi) is 13.6. The molecule has 0 atom stereocenters. The van der Waals surface area contributed by atoms with E-state index >= 15 is 0 Å². The van der Waals surface area contributed by atoms with Crippen molar-refractivity contribution in [1.82, 2.24) is 9.03 Å². The van der Waals surface area contributed by atoms with Gasteiger partial charge in [-0.2, -0.15) is 0 Å². The van der Waals surface area contributed by atoms with Crippen molar-refractivity contribution >= 4 is 79.7 Å². The molecule has 0 saturated carbocycles. The maximum atomic E-state index is 13.3. The number of halogens is 5. The van der Waals surface area contributed by atoms with Crippen molar-refractivity contribution in [2.24, 2.45) is 0 Å². The van der Waals surface area contributed by atoms with Crippen LogP contribution in [0.1, 0.15) is 55.8 Å². The van der Waals surface area contributed by atoms with Gasteiger partial charge in [-0.1, -0.05) is 37.2 Å². The Morgan fingerprint density at radius 3 is 1.68 bits per heavy atom. The van der Waals surface area contributed by atoms with Gasteiger partial charge in [-0.25, -0.2) is 34.6 Å². The van der Waals surface area contributed by atoms with E-state index in [2.05, 4.69) is 61.6 Å². The minimum Gasteiger partial charge on any atom is -0.268 e. The average Bonchev–Trinajstić information content (AvgIpc) is 3.02. The summed E-state index contributed by atoms with van der Waals surface area (Å²) >= 11 is 9.02.